The van der Waals surface area contributed by atoms with E-state index in [1.807, 2.05) is 6.92 Å². The van der Waals surface area contributed by atoms with Crippen LogP contribution in [0.4, 0.5) is 0 Å². The number of ketones is 8. The van der Waals surface area contributed by atoms with Crippen LogP contribution in [0.3, 0.4) is 0 Å². The molecule has 12 rings (SSSR count). The molecule has 34 heteroatoms. The molecular weight excluding hydrogens is 2440 g/mol. The van der Waals surface area contributed by atoms with Gasteiger partial charge in [-0.15, -0.1) is 42.9 Å². The summed E-state index contributed by atoms with van der Waals surface area (Å²) < 4.78 is 0. The zero-order valence-corrected chi connectivity index (χ0v) is 107. The molecule has 4 aliphatic rings. The zero-order valence-electron chi connectivity index (χ0n) is 89.0. The number of hydrogen-bond acceptors (Lipinski definition) is 15. The van der Waals surface area contributed by atoms with Crippen molar-refractivity contribution in [1.29, 1.82) is 0 Å². The van der Waals surface area contributed by atoms with Crippen LogP contribution in [0.15, 0.2) is 158 Å². The number of Topliss-reactive ketones (excluding diaryl/α,β-unsaturated/α-hetero) is 8. The van der Waals surface area contributed by atoms with E-state index in [9.17, 15) is 38.4 Å². The van der Waals surface area contributed by atoms with Crippen molar-refractivity contribution in [1.82, 2.24) is 35.6 Å². The van der Waals surface area contributed by atoms with Crippen LogP contribution in [0, 0.1) is 46.3 Å². The number of carbonyl (C=O) groups excluding carboxylic acids is 8. The monoisotopic (exact) mass is 2580 g/mol. The van der Waals surface area contributed by atoms with Gasteiger partial charge in [0.2, 0.25) is 0 Å². The van der Waals surface area contributed by atoms with Crippen molar-refractivity contribution in [2.24, 2.45) is 39.4 Å². The van der Waals surface area contributed by atoms with Gasteiger partial charge >= 0.3 is 0 Å². The second-order valence-corrected chi connectivity index (χ2v) is 45.3. The molecule has 0 spiro atoms. The first-order valence-corrected chi connectivity index (χ1v) is 57.1. The Bertz CT molecular complexity index is 5350. The van der Waals surface area contributed by atoms with Crippen LogP contribution < -0.4 is 16.0 Å². The second-order valence-electron chi connectivity index (χ2n) is 38.8. The molecule has 4 heterocycles. The molecule has 8 aromatic carbocycles. The van der Waals surface area contributed by atoms with Crippen LogP contribution in [-0.4, -0.2) is 186 Å². The van der Waals surface area contributed by atoms with Gasteiger partial charge in [-0.25, -0.2) is 0 Å². The molecule has 0 amide bonds. The Balaban J connectivity index is 0.000000578. The summed E-state index contributed by atoms with van der Waals surface area (Å²) >= 11 is 94.8. The fraction of sp³-hybridized carbons (Fsp3) is 0.491. The van der Waals surface area contributed by atoms with E-state index in [0.29, 0.717) is 150 Å². The molecule has 150 heavy (non-hydrogen) atoms. The molecule has 4 aliphatic heterocycles. The maximum Gasteiger partial charge on any atom is 0.188 e. The second kappa shape index (κ2) is 74.0. The minimum atomic E-state index is -0.258. The Morgan fingerprint density at radius 3 is 0.833 bits per heavy atom. The van der Waals surface area contributed by atoms with Gasteiger partial charge in [0.1, 0.15) is 0 Å². The summed E-state index contributed by atoms with van der Waals surface area (Å²) in [6, 6.07) is 40.8. The van der Waals surface area contributed by atoms with E-state index < -0.39 is 0 Å². The number of nitrogens with one attached hydrogen (secondary N) is 3. The molecule has 1 radical (unpaired) electrons. The summed E-state index contributed by atoms with van der Waals surface area (Å²) in [7, 11) is 8.27. The Kier molecular flexibility index (Phi) is 70.8. The van der Waals surface area contributed by atoms with Gasteiger partial charge in [0.25, 0.3) is 0 Å². The Morgan fingerprint density at radius 1 is 0.353 bits per heavy atom. The topological polar surface area (TPSA) is 186 Å². The van der Waals surface area contributed by atoms with Crippen molar-refractivity contribution in [3.8, 4) is 0 Å². The van der Waals surface area contributed by atoms with Crippen molar-refractivity contribution >= 4 is 268 Å². The first-order valence-electron chi connectivity index (χ1n) is 51.1. The third kappa shape index (κ3) is 45.0. The Morgan fingerprint density at radius 2 is 0.600 bits per heavy atom. The fourth-order valence-corrected chi connectivity index (χ4v) is 21.6. The van der Waals surface area contributed by atoms with Gasteiger partial charge in [-0.1, -0.05) is 313 Å². The number of rotatable bonds is 43. The normalized spacial score (nSPS) is 17.5. The van der Waals surface area contributed by atoms with E-state index in [1.54, 1.807) is 146 Å². The molecule has 0 bridgehead atoms. The average molecular weight is 2590 g/mol. The fourth-order valence-electron chi connectivity index (χ4n) is 19.3. The van der Waals surface area contributed by atoms with Crippen LogP contribution in [-0.2, 0) is 32.7 Å². The number of halogens is 18. The molecule has 8 aromatic rings. The van der Waals surface area contributed by atoms with Gasteiger partial charge in [0.15, 0.2) is 46.3 Å². The van der Waals surface area contributed by atoms with Crippen LogP contribution in [0.5, 0.6) is 0 Å². The third-order valence-corrected chi connectivity index (χ3v) is 32.6. The van der Waals surface area contributed by atoms with E-state index in [2.05, 4.69) is 140 Å². The quantitative estimate of drug-likeness (QED) is 0.0142. The zero-order chi connectivity index (χ0) is 110. The maximum atomic E-state index is 12.8. The van der Waals surface area contributed by atoms with Gasteiger partial charge < -0.3 is 42.5 Å². The van der Waals surface area contributed by atoms with Crippen LogP contribution >= 0.6 is 222 Å². The first kappa shape index (κ1) is 143. The summed E-state index contributed by atoms with van der Waals surface area (Å²) in [5.74, 6) is 1.17. The van der Waals surface area contributed by atoms with E-state index in [-0.39, 0.29) is 155 Å². The van der Waals surface area contributed by atoms with Crippen molar-refractivity contribution in [3.05, 3.63) is 290 Å². The molecule has 7 atom stereocenters. The number of allylic oxidation sites excluding steroid dienone is 1. The van der Waals surface area contributed by atoms with Crippen molar-refractivity contribution in [2.75, 3.05) is 120 Å². The number of hydrogen-bond donors (Lipinski definition) is 3. The van der Waals surface area contributed by atoms with E-state index in [4.69, 9.17) is 186 Å². The first-order chi connectivity index (χ1) is 69.8. The third-order valence-electron chi connectivity index (χ3n) is 26.7. The van der Waals surface area contributed by atoms with Gasteiger partial charge in [0, 0.05) is 162 Å². The number of nitrogens with zero attached hydrogens (tertiary/aromatic N) is 4. The van der Waals surface area contributed by atoms with Crippen molar-refractivity contribution in [3.63, 3.8) is 0 Å². The summed E-state index contributed by atoms with van der Waals surface area (Å²) in [5, 5.41) is 17.0. The molecule has 5 unspecified atom stereocenters. The number of likely N-dealkylation sites (tertiary alicyclic amines) is 2. The smallest absolute Gasteiger partial charge is 0.188 e. The standard InChI is InChI=1S/2C16H23Cl2NO.2C15H19Cl2NO.2C14H17Cl2NO.C14H18Cl2NO.C12H12Cl2O.ClH.HI.Y/c2*1-4-6-13(11-19(3)9-5-2)16(20)12-7-8-14(17)15(18)10-12;2*1-3-6-15(7-8-18(2)10-15)14(19)11-4-5-12(16)13(17)9-11;2*1-2-5-14(6-7-17-9-14)13(18)10-3-4-11(15)12(16)8-10;1-3-5-11(9-17-4-2)14(18)10-6-7-12(15)13(16)8-10;1-3-4-8(2)12(15)9-5-6-10(13)11(14)7-9;;;/h2*7-8,10,13H,4-6,9,11H2,1-3H3;2*4-5,9H,3,6-8,10H2,1-2H3;2*3-4,8,17H,2,5-7,9H2,1H3;6-8,11,17H,2-5,9H2,1H3;5-7H,2-4H2,1H3;2*1H;/q;;;;;;-1;;;;/t;;15-;;14-;;;;;;/m..0.0....../s1. The van der Waals surface area contributed by atoms with Gasteiger partial charge in [-0.05, 0) is 309 Å². The molecule has 827 valence electrons. The Labute approximate surface area is 1020 Å². The van der Waals surface area contributed by atoms with Crippen LogP contribution in [0.1, 0.15) is 293 Å². The molecule has 4 saturated heterocycles. The van der Waals surface area contributed by atoms with E-state index in [0.717, 1.165) is 213 Å². The molecular formula is C116H150Cl17IN7O8Y-. The van der Waals surface area contributed by atoms with E-state index >= 15 is 0 Å². The molecule has 3 N–H and O–H groups in total. The van der Waals surface area contributed by atoms with Crippen LogP contribution in [0.2, 0.25) is 80.4 Å². The summed E-state index contributed by atoms with van der Waals surface area (Å²) in [4.78, 5) is 109. The SMILES string of the molecule is C=C(CCC)C(=O)c1ccc(Cl)c(Cl)c1.CCCC(CN(C)CCC)C(=O)c1ccc(Cl)c(Cl)c1.CCCC(CN(C)CCC)C(=O)c1ccc(Cl)c(Cl)c1.CCCC1(C(=O)c2ccc(Cl)c(Cl)c2)CCN(C)C1.CCCC1(C(=O)c2ccc(Cl)c(Cl)c2)CCNC1.CCC[C@]1(C(=O)c2ccc(Cl)c(Cl)c2)CCN(C)C1.CCC[C@]1(C(=O)c2ccc(Cl)c(Cl)c2)CCNC1.Cl.I.[CH2-]CNCC(CCC)C(=O)c1ccc(Cl)c(Cl)c1.[Y]. The van der Waals surface area contributed by atoms with Crippen molar-refractivity contribution < 1.29 is 71.1 Å². The molecule has 15 nitrogen and oxygen atoms in total. The molecule has 4 fully saturated rings. The Hall–Kier alpha value is -2.66. The summed E-state index contributed by atoms with van der Waals surface area (Å²) in [6.07, 6.45) is 20.8. The average Bonchev–Trinajstić information content (AvgIpc) is 1.63. The van der Waals surface area contributed by atoms with Gasteiger partial charge in [-0.2, -0.15) is 0 Å². The minimum Gasteiger partial charge on any atom is -0.346 e. The molecule has 0 aliphatic carbocycles. The van der Waals surface area contributed by atoms with Gasteiger partial charge in [0.05, 0.1) is 80.4 Å². The molecule has 0 aromatic heterocycles. The number of carbonyl (C=O) groups is 8. The van der Waals surface area contributed by atoms with Crippen LogP contribution in [0.25, 0.3) is 0 Å². The minimum absolute atomic E-state index is 0. The summed E-state index contributed by atoms with van der Waals surface area (Å²) in [5.41, 5.74) is 4.76. The van der Waals surface area contributed by atoms with E-state index in [1.165, 1.54) is 0 Å². The summed E-state index contributed by atoms with van der Waals surface area (Å²) in [6.45, 7) is 40.4. The van der Waals surface area contributed by atoms with Gasteiger partial charge in [-0.3, -0.25) is 38.4 Å². The predicted molar refractivity (Wildman–Crippen MR) is 651 cm³/mol. The molecule has 0 saturated carbocycles. The van der Waals surface area contributed by atoms with Crippen molar-refractivity contribution in [2.45, 2.75) is 210 Å². The number of benzene rings is 8. The largest absolute Gasteiger partial charge is 0.346 e. The maximum absolute atomic E-state index is 12.8. The predicted octanol–water partition coefficient (Wildman–Crippen LogP) is 36.0.